The second-order valence-electron chi connectivity index (χ2n) is 6.21. The Morgan fingerprint density at radius 1 is 1.09 bits per heavy atom. The molecule has 2 aromatic carbocycles. The lowest BCUT2D eigenvalue weighted by Gasteiger charge is -2.25. The molecule has 0 unspecified atom stereocenters. The van der Waals surface area contributed by atoms with Gasteiger partial charge in [-0.25, -0.2) is 4.39 Å². The highest BCUT2D eigenvalue weighted by molar-refractivity contribution is 6.05. The molecule has 1 aliphatic heterocycles. The van der Waals surface area contributed by atoms with E-state index in [9.17, 15) is 4.39 Å². The Bertz CT molecular complexity index is 720. The Morgan fingerprint density at radius 3 is 2.68 bits per heavy atom. The van der Waals surface area contributed by atoms with Crippen molar-refractivity contribution in [3.05, 3.63) is 71.0 Å². The highest BCUT2D eigenvalue weighted by Gasteiger charge is 2.38. The summed E-state index contributed by atoms with van der Waals surface area (Å²) in [6, 6.07) is 15.7. The topological polar surface area (TPSA) is 15.6 Å². The SMILES string of the molecule is CN1N=C2c3ccccc3CCC[C@H]2[C@@H]1c1ccc(F)cc1. The van der Waals surface area contributed by atoms with Crippen LogP contribution in [0.25, 0.3) is 0 Å². The molecule has 2 aromatic rings. The van der Waals surface area contributed by atoms with E-state index in [0.29, 0.717) is 5.92 Å². The van der Waals surface area contributed by atoms with Gasteiger partial charge in [-0.1, -0.05) is 36.4 Å². The molecule has 0 saturated heterocycles. The van der Waals surface area contributed by atoms with Gasteiger partial charge in [0.15, 0.2) is 0 Å². The van der Waals surface area contributed by atoms with E-state index >= 15 is 0 Å². The minimum absolute atomic E-state index is 0.184. The largest absolute Gasteiger partial charge is 0.292 e. The fourth-order valence-corrected chi connectivity index (χ4v) is 3.87. The lowest BCUT2D eigenvalue weighted by atomic mass is 9.85. The van der Waals surface area contributed by atoms with Crippen LogP contribution in [-0.4, -0.2) is 17.8 Å². The number of hydrazone groups is 1. The van der Waals surface area contributed by atoms with Gasteiger partial charge in [-0.3, -0.25) is 5.01 Å². The second kappa shape index (κ2) is 5.24. The van der Waals surface area contributed by atoms with E-state index in [1.54, 1.807) is 12.1 Å². The normalized spacial score (nSPS) is 23.5. The minimum Gasteiger partial charge on any atom is -0.292 e. The molecule has 0 bridgehead atoms. The van der Waals surface area contributed by atoms with E-state index < -0.39 is 0 Å². The van der Waals surface area contributed by atoms with E-state index in [-0.39, 0.29) is 11.9 Å². The number of nitrogens with zero attached hydrogens (tertiary/aromatic N) is 2. The van der Waals surface area contributed by atoms with Crippen LogP contribution in [0.2, 0.25) is 0 Å². The maximum atomic E-state index is 13.2. The predicted octanol–water partition coefficient (Wildman–Crippen LogP) is 4.17. The van der Waals surface area contributed by atoms with Gasteiger partial charge >= 0.3 is 0 Å². The van der Waals surface area contributed by atoms with E-state index in [1.165, 1.54) is 23.3 Å². The van der Waals surface area contributed by atoms with Gasteiger partial charge < -0.3 is 0 Å². The van der Waals surface area contributed by atoms with E-state index in [1.807, 2.05) is 19.2 Å². The third-order valence-corrected chi connectivity index (χ3v) is 4.87. The van der Waals surface area contributed by atoms with Gasteiger partial charge in [0, 0.05) is 18.5 Å². The standard InChI is InChI=1S/C19H19FN2/c1-22-19(14-9-11-15(20)12-10-14)17-8-4-6-13-5-2-3-7-16(13)18(17)21-22/h2-3,5,7,9-12,17,19H,4,6,8H2,1H3/t17-,19+/m1/s1. The van der Waals surface area contributed by atoms with Crippen molar-refractivity contribution in [2.45, 2.75) is 25.3 Å². The van der Waals surface area contributed by atoms with Crippen molar-refractivity contribution in [3.8, 4) is 0 Å². The number of aryl methyl sites for hydroxylation is 1. The van der Waals surface area contributed by atoms with Gasteiger partial charge in [-0.15, -0.1) is 0 Å². The third kappa shape index (κ3) is 2.12. The molecule has 0 fully saturated rings. The Morgan fingerprint density at radius 2 is 1.86 bits per heavy atom. The highest BCUT2D eigenvalue weighted by Crippen LogP contribution is 2.41. The molecule has 0 spiro atoms. The summed E-state index contributed by atoms with van der Waals surface area (Å²) in [5, 5.41) is 6.90. The molecule has 0 N–H and O–H groups in total. The first-order valence-electron chi connectivity index (χ1n) is 7.89. The van der Waals surface area contributed by atoms with Crippen molar-refractivity contribution in [1.82, 2.24) is 5.01 Å². The van der Waals surface area contributed by atoms with Gasteiger partial charge in [0.05, 0.1) is 11.8 Å². The lowest BCUT2D eigenvalue weighted by Crippen LogP contribution is -2.23. The van der Waals surface area contributed by atoms with Crippen LogP contribution in [0, 0.1) is 11.7 Å². The van der Waals surface area contributed by atoms with Crippen molar-refractivity contribution >= 4 is 5.71 Å². The molecule has 0 aromatic heterocycles. The number of fused-ring (bicyclic) bond motifs is 3. The lowest BCUT2D eigenvalue weighted by molar-refractivity contribution is 0.243. The molecule has 4 rings (SSSR count). The van der Waals surface area contributed by atoms with Crippen LogP contribution in [0.3, 0.4) is 0 Å². The molecule has 0 amide bonds. The Kier molecular flexibility index (Phi) is 3.21. The summed E-state index contributed by atoms with van der Waals surface area (Å²) < 4.78 is 13.2. The second-order valence-corrected chi connectivity index (χ2v) is 6.21. The van der Waals surface area contributed by atoms with Crippen LogP contribution in [0.15, 0.2) is 53.6 Å². The molecule has 1 heterocycles. The zero-order valence-electron chi connectivity index (χ0n) is 12.7. The number of hydrogen-bond acceptors (Lipinski definition) is 2. The van der Waals surface area contributed by atoms with Crippen molar-refractivity contribution in [2.24, 2.45) is 11.0 Å². The zero-order valence-corrected chi connectivity index (χ0v) is 12.7. The average molecular weight is 294 g/mol. The van der Waals surface area contributed by atoms with E-state index in [4.69, 9.17) is 5.10 Å². The van der Waals surface area contributed by atoms with Crippen LogP contribution in [0.5, 0.6) is 0 Å². The molecule has 22 heavy (non-hydrogen) atoms. The summed E-state index contributed by atoms with van der Waals surface area (Å²) in [6.45, 7) is 0. The van der Waals surface area contributed by atoms with Crippen LogP contribution in [-0.2, 0) is 6.42 Å². The van der Waals surface area contributed by atoms with Gasteiger partial charge in [0.1, 0.15) is 5.82 Å². The molecular weight excluding hydrogens is 275 g/mol. The molecule has 0 saturated carbocycles. The molecule has 3 heteroatoms. The number of hydrogen-bond donors (Lipinski definition) is 0. The molecule has 1 aliphatic carbocycles. The maximum Gasteiger partial charge on any atom is 0.123 e. The van der Waals surface area contributed by atoms with Gasteiger partial charge in [-0.05, 0) is 42.5 Å². The van der Waals surface area contributed by atoms with Crippen LogP contribution < -0.4 is 0 Å². The fourth-order valence-electron chi connectivity index (χ4n) is 3.87. The Hall–Kier alpha value is -2.16. The summed E-state index contributed by atoms with van der Waals surface area (Å²) in [7, 11) is 2.03. The van der Waals surface area contributed by atoms with E-state index in [0.717, 1.165) is 18.4 Å². The van der Waals surface area contributed by atoms with Gasteiger partial charge in [0.2, 0.25) is 0 Å². The minimum atomic E-state index is -0.184. The zero-order chi connectivity index (χ0) is 15.1. The molecule has 2 aliphatic rings. The first-order valence-corrected chi connectivity index (χ1v) is 7.89. The summed E-state index contributed by atoms with van der Waals surface area (Å²) in [6.07, 6.45) is 3.41. The summed E-state index contributed by atoms with van der Waals surface area (Å²) in [5.74, 6) is 0.205. The first-order chi connectivity index (χ1) is 10.7. The maximum absolute atomic E-state index is 13.2. The highest BCUT2D eigenvalue weighted by atomic mass is 19.1. The third-order valence-electron chi connectivity index (χ3n) is 4.87. The summed E-state index contributed by atoms with van der Waals surface area (Å²) in [4.78, 5) is 0. The smallest absolute Gasteiger partial charge is 0.123 e. The van der Waals surface area contributed by atoms with Crippen molar-refractivity contribution in [3.63, 3.8) is 0 Å². The number of benzene rings is 2. The van der Waals surface area contributed by atoms with Crippen molar-refractivity contribution < 1.29 is 4.39 Å². The van der Waals surface area contributed by atoms with Gasteiger partial charge in [-0.2, -0.15) is 5.10 Å². The Balaban J connectivity index is 1.76. The molecule has 2 nitrogen and oxygen atoms in total. The van der Waals surface area contributed by atoms with Crippen LogP contribution >= 0.6 is 0 Å². The first kappa shape index (κ1) is 13.5. The van der Waals surface area contributed by atoms with Crippen LogP contribution in [0.4, 0.5) is 4.39 Å². The predicted molar refractivity (Wildman–Crippen MR) is 86.3 cm³/mol. The van der Waals surface area contributed by atoms with E-state index in [2.05, 4.69) is 29.3 Å². The summed E-state index contributed by atoms with van der Waals surface area (Å²) >= 11 is 0. The molecule has 2 atom stereocenters. The quantitative estimate of drug-likeness (QED) is 0.771. The Labute approximate surface area is 130 Å². The number of halogens is 1. The van der Waals surface area contributed by atoms with Crippen molar-refractivity contribution in [2.75, 3.05) is 7.05 Å². The average Bonchev–Trinajstić information content (AvgIpc) is 2.75. The van der Waals surface area contributed by atoms with Gasteiger partial charge in [0.25, 0.3) is 0 Å². The molecule has 112 valence electrons. The van der Waals surface area contributed by atoms with Crippen molar-refractivity contribution in [1.29, 1.82) is 0 Å². The summed E-state index contributed by atoms with van der Waals surface area (Å²) in [5.41, 5.74) is 5.04. The number of rotatable bonds is 1. The van der Waals surface area contributed by atoms with Crippen LogP contribution in [0.1, 0.15) is 35.6 Å². The molecule has 0 radical (unpaired) electrons. The molecular formula is C19H19FN2. The monoisotopic (exact) mass is 294 g/mol. The fraction of sp³-hybridized carbons (Fsp3) is 0.316.